The van der Waals surface area contributed by atoms with Gasteiger partial charge in [0.05, 0.1) is 0 Å². The van der Waals surface area contributed by atoms with Crippen molar-refractivity contribution in [1.82, 2.24) is 4.98 Å². The lowest BCUT2D eigenvalue weighted by molar-refractivity contribution is 0.0995. The number of hydrogen-bond acceptors (Lipinski definition) is 3. The number of primary amides is 1. The lowest BCUT2D eigenvalue weighted by Crippen LogP contribution is -2.17. The molecule has 1 aromatic heterocycles. The fourth-order valence-electron chi connectivity index (χ4n) is 1.84. The van der Waals surface area contributed by atoms with Crippen LogP contribution in [0.4, 0.5) is 5.69 Å². The Morgan fingerprint density at radius 3 is 2.72 bits per heavy atom. The van der Waals surface area contributed by atoms with Gasteiger partial charge in [-0.1, -0.05) is 26.7 Å². The molecule has 3 N–H and O–H groups in total. The SMILES string of the molecule is CC(C)CCCC(C)Nc1ccnc(C(N)=O)c1. The first kappa shape index (κ1) is 14.5. The molecule has 0 fully saturated rings. The van der Waals surface area contributed by atoms with Gasteiger partial charge in [-0.05, 0) is 31.4 Å². The number of amides is 1. The summed E-state index contributed by atoms with van der Waals surface area (Å²) in [5, 5.41) is 3.36. The van der Waals surface area contributed by atoms with Crippen LogP contribution in [0.25, 0.3) is 0 Å². The van der Waals surface area contributed by atoms with E-state index in [-0.39, 0.29) is 0 Å². The van der Waals surface area contributed by atoms with E-state index in [9.17, 15) is 4.79 Å². The zero-order valence-electron chi connectivity index (χ0n) is 11.4. The van der Waals surface area contributed by atoms with Crippen LogP contribution < -0.4 is 11.1 Å². The number of rotatable bonds is 7. The number of nitrogens with zero attached hydrogens (tertiary/aromatic N) is 1. The molecule has 0 spiro atoms. The highest BCUT2D eigenvalue weighted by molar-refractivity contribution is 5.91. The van der Waals surface area contributed by atoms with E-state index >= 15 is 0 Å². The lowest BCUT2D eigenvalue weighted by atomic mass is 10.0. The number of anilines is 1. The monoisotopic (exact) mass is 249 g/mol. The number of pyridine rings is 1. The van der Waals surface area contributed by atoms with Gasteiger partial charge in [0.1, 0.15) is 5.69 Å². The first-order valence-corrected chi connectivity index (χ1v) is 6.51. The number of hydrogen-bond donors (Lipinski definition) is 2. The maximum absolute atomic E-state index is 11.0. The van der Waals surface area contributed by atoms with Crippen molar-refractivity contribution in [1.29, 1.82) is 0 Å². The van der Waals surface area contributed by atoms with Crippen molar-refractivity contribution >= 4 is 11.6 Å². The van der Waals surface area contributed by atoms with Gasteiger partial charge in [0.2, 0.25) is 0 Å². The average molecular weight is 249 g/mol. The predicted octanol–water partition coefficient (Wildman–Crippen LogP) is 2.81. The summed E-state index contributed by atoms with van der Waals surface area (Å²) >= 11 is 0. The Bertz CT molecular complexity index is 390. The Labute approximate surface area is 109 Å². The first-order chi connectivity index (χ1) is 8.49. The fourth-order valence-corrected chi connectivity index (χ4v) is 1.84. The smallest absolute Gasteiger partial charge is 0.267 e. The van der Waals surface area contributed by atoms with Crippen molar-refractivity contribution in [2.45, 2.75) is 46.1 Å². The van der Waals surface area contributed by atoms with Crippen LogP contribution in [0.1, 0.15) is 50.5 Å². The number of carbonyl (C=O) groups is 1. The number of aromatic nitrogens is 1. The standard InChI is InChI=1S/C14H23N3O/c1-10(2)5-4-6-11(3)17-12-7-8-16-13(9-12)14(15)18/h7-11H,4-6H2,1-3H3,(H2,15,18)(H,16,17). The van der Waals surface area contributed by atoms with Gasteiger partial charge in [-0.3, -0.25) is 9.78 Å². The van der Waals surface area contributed by atoms with E-state index in [1.165, 1.54) is 12.8 Å². The minimum Gasteiger partial charge on any atom is -0.382 e. The van der Waals surface area contributed by atoms with Crippen molar-refractivity contribution in [2.24, 2.45) is 11.7 Å². The molecular weight excluding hydrogens is 226 g/mol. The van der Waals surface area contributed by atoms with Crippen molar-refractivity contribution < 1.29 is 4.79 Å². The Morgan fingerprint density at radius 1 is 1.39 bits per heavy atom. The molecule has 0 aliphatic rings. The highest BCUT2D eigenvalue weighted by Crippen LogP contribution is 2.13. The van der Waals surface area contributed by atoms with Gasteiger partial charge in [0.25, 0.3) is 5.91 Å². The third-order valence-corrected chi connectivity index (χ3v) is 2.84. The van der Waals surface area contributed by atoms with Gasteiger partial charge in [0, 0.05) is 17.9 Å². The van der Waals surface area contributed by atoms with Gasteiger partial charge in [-0.15, -0.1) is 0 Å². The van der Waals surface area contributed by atoms with E-state index in [1.54, 1.807) is 12.3 Å². The summed E-state index contributed by atoms with van der Waals surface area (Å²) in [4.78, 5) is 14.9. The number of carbonyl (C=O) groups excluding carboxylic acids is 1. The second kappa shape index (κ2) is 6.99. The van der Waals surface area contributed by atoms with E-state index in [4.69, 9.17) is 5.73 Å². The van der Waals surface area contributed by atoms with Crippen LogP contribution in [-0.2, 0) is 0 Å². The second-order valence-corrected chi connectivity index (χ2v) is 5.16. The molecule has 18 heavy (non-hydrogen) atoms. The second-order valence-electron chi connectivity index (χ2n) is 5.16. The van der Waals surface area contributed by atoms with Crippen molar-refractivity contribution in [3.63, 3.8) is 0 Å². The van der Waals surface area contributed by atoms with E-state index < -0.39 is 5.91 Å². The molecule has 0 saturated carbocycles. The summed E-state index contributed by atoms with van der Waals surface area (Å²) in [6, 6.07) is 3.93. The predicted molar refractivity (Wildman–Crippen MR) is 74.5 cm³/mol. The van der Waals surface area contributed by atoms with Crippen LogP contribution in [0.15, 0.2) is 18.3 Å². The summed E-state index contributed by atoms with van der Waals surface area (Å²) in [5.74, 6) is 0.255. The molecule has 0 bridgehead atoms. The average Bonchev–Trinajstić information content (AvgIpc) is 2.28. The van der Waals surface area contributed by atoms with Crippen molar-refractivity contribution in [3.05, 3.63) is 24.0 Å². The van der Waals surface area contributed by atoms with Crippen LogP contribution in [-0.4, -0.2) is 16.9 Å². The molecule has 0 aliphatic heterocycles. The van der Waals surface area contributed by atoms with Gasteiger partial charge in [-0.2, -0.15) is 0 Å². The molecular formula is C14H23N3O. The molecule has 0 aromatic carbocycles. The van der Waals surface area contributed by atoms with E-state index in [0.29, 0.717) is 11.7 Å². The van der Waals surface area contributed by atoms with Crippen LogP contribution in [0.3, 0.4) is 0 Å². The van der Waals surface area contributed by atoms with Gasteiger partial charge in [0.15, 0.2) is 0 Å². The molecule has 0 saturated heterocycles. The minimum absolute atomic E-state index is 0.300. The zero-order valence-corrected chi connectivity index (χ0v) is 11.4. The van der Waals surface area contributed by atoms with Crippen LogP contribution in [0.5, 0.6) is 0 Å². The molecule has 1 unspecified atom stereocenters. The Morgan fingerprint density at radius 2 is 2.11 bits per heavy atom. The van der Waals surface area contributed by atoms with Gasteiger partial charge >= 0.3 is 0 Å². The molecule has 1 aromatic rings. The van der Waals surface area contributed by atoms with Crippen LogP contribution in [0, 0.1) is 5.92 Å². The van der Waals surface area contributed by atoms with Gasteiger partial charge in [-0.25, -0.2) is 0 Å². The number of nitrogens with one attached hydrogen (secondary N) is 1. The summed E-state index contributed by atoms with van der Waals surface area (Å²) < 4.78 is 0. The Balaban J connectivity index is 2.46. The summed E-state index contributed by atoms with van der Waals surface area (Å²) in [6.07, 6.45) is 5.17. The highest BCUT2D eigenvalue weighted by Gasteiger charge is 2.06. The lowest BCUT2D eigenvalue weighted by Gasteiger charge is -2.16. The first-order valence-electron chi connectivity index (χ1n) is 6.51. The summed E-state index contributed by atoms with van der Waals surface area (Å²) in [5.41, 5.74) is 6.40. The number of nitrogens with two attached hydrogens (primary N) is 1. The van der Waals surface area contributed by atoms with Gasteiger partial charge < -0.3 is 11.1 Å². The molecule has 1 amide bonds. The fraction of sp³-hybridized carbons (Fsp3) is 0.571. The topological polar surface area (TPSA) is 68.0 Å². The molecule has 1 rings (SSSR count). The summed E-state index contributed by atoms with van der Waals surface area (Å²) in [7, 11) is 0. The normalized spacial score (nSPS) is 12.4. The minimum atomic E-state index is -0.494. The molecule has 100 valence electrons. The maximum Gasteiger partial charge on any atom is 0.267 e. The van der Waals surface area contributed by atoms with E-state index in [0.717, 1.165) is 18.0 Å². The Kier molecular flexibility index (Phi) is 5.62. The molecule has 0 radical (unpaired) electrons. The van der Waals surface area contributed by atoms with E-state index in [2.05, 4.69) is 31.1 Å². The molecule has 1 atom stereocenters. The zero-order chi connectivity index (χ0) is 13.5. The highest BCUT2D eigenvalue weighted by atomic mass is 16.1. The third kappa shape index (κ3) is 5.17. The van der Waals surface area contributed by atoms with E-state index in [1.807, 2.05) is 6.07 Å². The quantitative estimate of drug-likeness (QED) is 0.780. The summed E-state index contributed by atoms with van der Waals surface area (Å²) in [6.45, 7) is 6.62. The van der Waals surface area contributed by atoms with Crippen LogP contribution in [0.2, 0.25) is 0 Å². The van der Waals surface area contributed by atoms with Crippen molar-refractivity contribution in [2.75, 3.05) is 5.32 Å². The molecule has 1 heterocycles. The maximum atomic E-state index is 11.0. The largest absolute Gasteiger partial charge is 0.382 e. The molecule has 4 heteroatoms. The molecule has 4 nitrogen and oxygen atoms in total. The third-order valence-electron chi connectivity index (χ3n) is 2.84. The van der Waals surface area contributed by atoms with Crippen molar-refractivity contribution in [3.8, 4) is 0 Å². The molecule has 0 aliphatic carbocycles. The Hall–Kier alpha value is -1.58. The van der Waals surface area contributed by atoms with Crippen LogP contribution >= 0.6 is 0 Å².